The van der Waals surface area contributed by atoms with Crippen LogP contribution in [0.5, 0.6) is 0 Å². The molecule has 0 radical (unpaired) electrons. The summed E-state index contributed by atoms with van der Waals surface area (Å²) >= 11 is 0. The molecular weight excluding hydrogens is 385 g/mol. The van der Waals surface area contributed by atoms with Crippen LogP contribution in [0.25, 0.3) is 0 Å². The van der Waals surface area contributed by atoms with E-state index in [1.807, 2.05) is 0 Å². The average Bonchev–Trinajstić information content (AvgIpc) is 2.97. The van der Waals surface area contributed by atoms with Gasteiger partial charge in [0.1, 0.15) is 0 Å². The third kappa shape index (κ3) is 6.17. The minimum atomic E-state index is -4.52. The van der Waals surface area contributed by atoms with E-state index in [0.29, 0.717) is 6.04 Å². The molecule has 2 fully saturated rings. The van der Waals surface area contributed by atoms with Crippen molar-refractivity contribution in [2.45, 2.75) is 43.9 Å². The van der Waals surface area contributed by atoms with Crippen LogP contribution in [0.3, 0.4) is 0 Å². The van der Waals surface area contributed by atoms with Crippen LogP contribution in [-0.4, -0.2) is 61.5 Å². The Kier molecular flexibility index (Phi) is 7.13. The molecule has 29 heavy (non-hydrogen) atoms. The van der Waals surface area contributed by atoms with Crippen LogP contribution in [0.2, 0.25) is 0 Å². The topological polar surface area (TPSA) is 73.5 Å². The first-order chi connectivity index (χ1) is 13.8. The lowest BCUT2D eigenvalue weighted by Crippen LogP contribution is -2.44. The summed E-state index contributed by atoms with van der Waals surface area (Å²) in [5.41, 5.74) is -1.02. The van der Waals surface area contributed by atoms with Gasteiger partial charge in [-0.15, -0.1) is 0 Å². The molecule has 0 saturated carbocycles. The zero-order chi connectivity index (χ0) is 20.9. The number of likely N-dealkylation sites (tertiary alicyclic amines) is 1. The quantitative estimate of drug-likeness (QED) is 0.689. The molecule has 2 amide bonds. The van der Waals surface area contributed by atoms with E-state index in [2.05, 4.69) is 20.9 Å². The fraction of sp³-hybridized carbons (Fsp3) is 0.600. The van der Waals surface area contributed by atoms with Gasteiger partial charge in [-0.25, -0.2) is 0 Å². The highest BCUT2D eigenvalue weighted by molar-refractivity contribution is 5.96. The van der Waals surface area contributed by atoms with E-state index >= 15 is 0 Å². The number of carbonyl (C=O) groups excluding carboxylic acids is 2. The Bertz CT molecular complexity index is 718. The number of alkyl halides is 3. The van der Waals surface area contributed by atoms with Crippen molar-refractivity contribution in [1.29, 1.82) is 0 Å². The van der Waals surface area contributed by atoms with Gasteiger partial charge in [-0.3, -0.25) is 14.5 Å². The number of carbonyl (C=O) groups is 2. The molecule has 1 unspecified atom stereocenters. The van der Waals surface area contributed by atoms with Gasteiger partial charge in [-0.2, -0.15) is 13.2 Å². The van der Waals surface area contributed by atoms with Gasteiger partial charge in [0.25, 0.3) is 5.91 Å². The number of nitrogens with zero attached hydrogens (tertiary/aromatic N) is 1. The fourth-order valence-electron chi connectivity index (χ4n) is 3.98. The summed E-state index contributed by atoms with van der Waals surface area (Å²) in [7, 11) is 0. The zero-order valence-electron chi connectivity index (χ0n) is 16.2. The molecule has 0 aromatic heterocycles. The van der Waals surface area contributed by atoms with E-state index in [9.17, 15) is 22.8 Å². The predicted molar refractivity (Wildman–Crippen MR) is 102 cm³/mol. The Morgan fingerprint density at radius 1 is 1.17 bits per heavy atom. The minimum Gasteiger partial charge on any atom is -0.350 e. The summed E-state index contributed by atoms with van der Waals surface area (Å²) in [6, 6.07) is 4.72. The molecule has 2 saturated heterocycles. The number of hydrogen-bond donors (Lipinski definition) is 3. The molecule has 2 atom stereocenters. The lowest BCUT2D eigenvalue weighted by atomic mass is 10.1. The van der Waals surface area contributed by atoms with Gasteiger partial charge in [-0.1, -0.05) is 6.07 Å². The van der Waals surface area contributed by atoms with Gasteiger partial charge in [0, 0.05) is 30.7 Å². The molecule has 3 rings (SSSR count). The molecule has 0 bridgehead atoms. The second-order valence-electron chi connectivity index (χ2n) is 7.64. The Hall–Kier alpha value is -2.13. The number of nitrogens with one attached hydrogen (secondary N) is 3. The molecule has 0 aliphatic carbocycles. The Labute approximate surface area is 168 Å². The van der Waals surface area contributed by atoms with E-state index < -0.39 is 17.6 Å². The van der Waals surface area contributed by atoms with E-state index in [-0.39, 0.29) is 24.1 Å². The van der Waals surface area contributed by atoms with E-state index in [1.165, 1.54) is 12.1 Å². The van der Waals surface area contributed by atoms with Gasteiger partial charge in [0.2, 0.25) is 5.91 Å². The van der Waals surface area contributed by atoms with Crippen molar-refractivity contribution in [3.8, 4) is 0 Å². The van der Waals surface area contributed by atoms with Crippen molar-refractivity contribution in [1.82, 2.24) is 20.9 Å². The number of amides is 2. The number of benzene rings is 1. The number of halogens is 3. The predicted octanol–water partition coefficient (Wildman–Crippen LogP) is 1.77. The maximum absolute atomic E-state index is 12.8. The van der Waals surface area contributed by atoms with Crippen LogP contribution >= 0.6 is 0 Å². The van der Waals surface area contributed by atoms with Crippen LogP contribution in [0.1, 0.15) is 41.6 Å². The number of rotatable bonds is 5. The van der Waals surface area contributed by atoms with Crippen LogP contribution < -0.4 is 16.0 Å². The first kappa shape index (κ1) is 21.6. The molecule has 1 aromatic rings. The summed E-state index contributed by atoms with van der Waals surface area (Å²) in [6.45, 7) is 3.53. The fourth-order valence-corrected chi connectivity index (χ4v) is 3.98. The summed E-state index contributed by atoms with van der Waals surface area (Å²) in [4.78, 5) is 26.7. The van der Waals surface area contributed by atoms with Crippen molar-refractivity contribution in [2.24, 2.45) is 0 Å². The highest BCUT2D eigenvalue weighted by Gasteiger charge is 2.31. The van der Waals surface area contributed by atoms with E-state index in [1.54, 1.807) is 0 Å². The normalized spacial score (nSPS) is 23.4. The molecule has 3 N–H and O–H groups in total. The van der Waals surface area contributed by atoms with Crippen molar-refractivity contribution in [3.63, 3.8) is 0 Å². The minimum absolute atomic E-state index is 0.0316. The van der Waals surface area contributed by atoms with Crippen molar-refractivity contribution in [2.75, 3.05) is 32.7 Å². The van der Waals surface area contributed by atoms with E-state index in [0.717, 1.165) is 64.0 Å². The third-order valence-electron chi connectivity index (χ3n) is 5.51. The van der Waals surface area contributed by atoms with Gasteiger partial charge in [-0.05, 0) is 57.0 Å². The second kappa shape index (κ2) is 9.58. The molecule has 0 spiro atoms. The molecule has 2 aliphatic heterocycles. The lowest BCUT2D eigenvalue weighted by molar-refractivity contribution is -0.137. The Morgan fingerprint density at radius 3 is 2.79 bits per heavy atom. The summed E-state index contributed by atoms with van der Waals surface area (Å²) in [5, 5.41) is 8.71. The van der Waals surface area contributed by atoms with Gasteiger partial charge in [0.05, 0.1) is 12.1 Å². The molecule has 6 nitrogen and oxygen atoms in total. The van der Waals surface area contributed by atoms with Gasteiger partial charge in [0.15, 0.2) is 0 Å². The second-order valence-corrected chi connectivity index (χ2v) is 7.64. The molecular formula is C20H27F3N4O2. The molecule has 160 valence electrons. The maximum Gasteiger partial charge on any atom is 0.416 e. The largest absolute Gasteiger partial charge is 0.416 e. The van der Waals surface area contributed by atoms with Crippen molar-refractivity contribution < 1.29 is 22.8 Å². The van der Waals surface area contributed by atoms with Crippen molar-refractivity contribution >= 4 is 11.8 Å². The van der Waals surface area contributed by atoms with E-state index in [4.69, 9.17) is 0 Å². The monoisotopic (exact) mass is 412 g/mol. The molecule has 2 aliphatic rings. The first-order valence-corrected chi connectivity index (χ1v) is 10.0. The van der Waals surface area contributed by atoms with Crippen molar-refractivity contribution in [3.05, 3.63) is 35.4 Å². The maximum atomic E-state index is 12.8. The molecule has 2 heterocycles. The van der Waals surface area contributed by atoms with Crippen LogP contribution in [-0.2, 0) is 11.0 Å². The summed E-state index contributed by atoms with van der Waals surface area (Å²) < 4.78 is 38.3. The Morgan fingerprint density at radius 2 is 2.00 bits per heavy atom. The summed E-state index contributed by atoms with van der Waals surface area (Å²) in [6.07, 6.45) is -0.249. The third-order valence-corrected chi connectivity index (χ3v) is 5.51. The number of hydrogen-bond acceptors (Lipinski definition) is 4. The zero-order valence-corrected chi connectivity index (χ0v) is 16.2. The van der Waals surface area contributed by atoms with Crippen LogP contribution in [0, 0.1) is 0 Å². The highest BCUT2D eigenvalue weighted by Crippen LogP contribution is 2.29. The highest BCUT2D eigenvalue weighted by atomic mass is 19.4. The van der Waals surface area contributed by atoms with Gasteiger partial charge >= 0.3 is 6.18 Å². The SMILES string of the molecule is O=C(CNC(=O)c1cccc(C(F)(F)F)c1)NC1CCN([C@@H]2CCCNCC2)C1. The average molecular weight is 412 g/mol. The lowest BCUT2D eigenvalue weighted by Gasteiger charge is -2.26. The van der Waals surface area contributed by atoms with Gasteiger partial charge < -0.3 is 16.0 Å². The summed E-state index contributed by atoms with van der Waals surface area (Å²) in [5.74, 6) is -1.04. The van der Waals surface area contributed by atoms with Crippen LogP contribution in [0.4, 0.5) is 13.2 Å². The smallest absolute Gasteiger partial charge is 0.350 e. The van der Waals surface area contributed by atoms with Crippen LogP contribution in [0.15, 0.2) is 24.3 Å². The molecule has 9 heteroatoms. The molecule has 1 aromatic carbocycles. The Balaban J connectivity index is 1.44. The first-order valence-electron chi connectivity index (χ1n) is 10.0. The standard InChI is InChI=1S/C20H27F3N4O2/c21-20(22,23)15-4-1-3-14(11-15)19(29)25-12-18(28)26-16-7-10-27(13-16)17-5-2-8-24-9-6-17/h1,3-4,11,16-17,24H,2,5-10,12-13H2,(H,25,29)(H,26,28)/t16?,17-/m1/s1.